The zero-order valence-electron chi connectivity index (χ0n) is 22.8. The minimum absolute atomic E-state index is 0.0323. The third kappa shape index (κ3) is 9.65. The lowest BCUT2D eigenvalue weighted by molar-refractivity contribution is -0.121. The van der Waals surface area contributed by atoms with Gasteiger partial charge in [-0.15, -0.1) is 0 Å². The van der Waals surface area contributed by atoms with Gasteiger partial charge in [-0.25, -0.2) is 13.8 Å². The van der Waals surface area contributed by atoms with E-state index in [1.54, 1.807) is 48.5 Å². The number of rotatable bonds is 13. The Labute approximate surface area is 260 Å². The number of hydrogen-bond acceptors (Lipinski definition) is 6. The number of nitrogens with one attached hydrogen (secondary N) is 2. The van der Waals surface area contributed by atoms with Crippen molar-refractivity contribution in [3.8, 4) is 5.75 Å². The van der Waals surface area contributed by atoms with E-state index in [2.05, 4.69) is 15.8 Å². The fourth-order valence-corrected chi connectivity index (χ4v) is 5.57. The molecule has 0 atom stereocenters. The summed E-state index contributed by atoms with van der Waals surface area (Å²) >= 11 is 12.0. The third-order valence-electron chi connectivity index (χ3n) is 6.06. The van der Waals surface area contributed by atoms with Gasteiger partial charge in [0, 0.05) is 11.6 Å². The van der Waals surface area contributed by atoms with Crippen molar-refractivity contribution < 1.29 is 22.7 Å². The Bertz CT molecular complexity index is 1670. The summed E-state index contributed by atoms with van der Waals surface area (Å²) in [6, 6.07) is 28.7. The molecule has 0 heterocycles. The SMILES string of the molecule is O=C(CN(CCc1ccccc1)S(=O)(=O)c1ccc(Cl)cc1)N/N=C\c1ccc(OCC(=O)Nc2ccccc2Cl)cc1. The summed E-state index contributed by atoms with van der Waals surface area (Å²) < 4.78 is 33.3. The van der Waals surface area contributed by atoms with Crippen LogP contribution in [0.25, 0.3) is 0 Å². The Morgan fingerprint density at radius 3 is 2.21 bits per heavy atom. The van der Waals surface area contributed by atoms with Gasteiger partial charge in [0.15, 0.2) is 6.61 Å². The predicted molar refractivity (Wildman–Crippen MR) is 168 cm³/mol. The van der Waals surface area contributed by atoms with Crippen LogP contribution in [0.3, 0.4) is 0 Å². The number of anilines is 1. The summed E-state index contributed by atoms with van der Waals surface area (Å²) in [7, 11) is -3.98. The first-order valence-corrected chi connectivity index (χ1v) is 15.3. The standard InChI is InChI=1S/C31H28Cl2N4O5S/c32-25-12-16-27(17-13-25)43(40,41)37(19-18-23-6-2-1-3-7-23)21-30(38)36-34-20-24-10-14-26(15-11-24)42-22-31(39)35-29-9-5-4-8-28(29)33/h1-17,20H,18-19,21-22H2,(H,35,39)(H,36,38)/b34-20-. The second kappa shape index (κ2) is 15.3. The van der Waals surface area contributed by atoms with Crippen molar-refractivity contribution in [3.63, 3.8) is 0 Å². The second-order valence-corrected chi connectivity index (χ2v) is 12.0. The largest absolute Gasteiger partial charge is 0.484 e. The van der Waals surface area contributed by atoms with E-state index in [0.717, 1.165) is 9.87 Å². The first-order chi connectivity index (χ1) is 20.7. The maximum absolute atomic E-state index is 13.4. The van der Waals surface area contributed by atoms with Gasteiger partial charge < -0.3 is 10.1 Å². The predicted octanol–water partition coefficient (Wildman–Crippen LogP) is 5.39. The highest BCUT2D eigenvalue weighted by molar-refractivity contribution is 7.89. The van der Waals surface area contributed by atoms with Gasteiger partial charge in [0.1, 0.15) is 5.75 Å². The Hall–Kier alpha value is -4.22. The van der Waals surface area contributed by atoms with Gasteiger partial charge in [-0.05, 0) is 78.2 Å². The zero-order valence-corrected chi connectivity index (χ0v) is 25.1. The molecule has 4 rings (SSSR count). The van der Waals surface area contributed by atoms with Crippen molar-refractivity contribution in [1.29, 1.82) is 0 Å². The molecule has 0 aliphatic heterocycles. The van der Waals surface area contributed by atoms with E-state index in [1.807, 2.05) is 30.3 Å². The summed E-state index contributed by atoms with van der Waals surface area (Å²) in [6.45, 7) is -0.559. The van der Waals surface area contributed by atoms with Gasteiger partial charge in [0.2, 0.25) is 10.0 Å². The average Bonchev–Trinajstić information content (AvgIpc) is 3.00. The number of carbonyl (C=O) groups excluding carboxylic acids is 2. The molecule has 2 N–H and O–H groups in total. The number of hydrazone groups is 1. The molecule has 4 aromatic rings. The van der Waals surface area contributed by atoms with E-state index in [0.29, 0.717) is 33.5 Å². The van der Waals surface area contributed by atoms with Gasteiger partial charge in [-0.2, -0.15) is 9.41 Å². The van der Waals surface area contributed by atoms with Crippen molar-refractivity contribution in [2.45, 2.75) is 11.3 Å². The van der Waals surface area contributed by atoms with Gasteiger partial charge in [-0.3, -0.25) is 9.59 Å². The number of sulfonamides is 1. The van der Waals surface area contributed by atoms with Crippen LogP contribution >= 0.6 is 23.2 Å². The maximum atomic E-state index is 13.4. The molecule has 0 aliphatic rings. The molecule has 0 saturated heterocycles. The lowest BCUT2D eigenvalue weighted by Crippen LogP contribution is -2.40. The molecule has 0 radical (unpaired) electrons. The van der Waals surface area contributed by atoms with Gasteiger partial charge in [-0.1, -0.05) is 65.7 Å². The molecule has 4 aromatic carbocycles. The van der Waals surface area contributed by atoms with Crippen LogP contribution in [0.1, 0.15) is 11.1 Å². The van der Waals surface area contributed by atoms with Crippen LogP contribution in [0.15, 0.2) is 113 Å². The van der Waals surface area contributed by atoms with Crippen LogP contribution in [0, 0.1) is 0 Å². The number of para-hydroxylation sites is 1. The maximum Gasteiger partial charge on any atom is 0.262 e. The summed E-state index contributed by atoms with van der Waals surface area (Å²) in [4.78, 5) is 24.9. The van der Waals surface area contributed by atoms with E-state index in [-0.39, 0.29) is 24.0 Å². The van der Waals surface area contributed by atoms with Crippen molar-refractivity contribution in [3.05, 3.63) is 124 Å². The molecule has 2 amide bonds. The summed E-state index contributed by atoms with van der Waals surface area (Å²) in [5.74, 6) is -0.513. The van der Waals surface area contributed by atoms with E-state index >= 15 is 0 Å². The van der Waals surface area contributed by atoms with Crippen molar-refractivity contribution >= 4 is 56.9 Å². The van der Waals surface area contributed by atoms with Crippen LogP contribution in [0.5, 0.6) is 5.75 Å². The highest BCUT2D eigenvalue weighted by Gasteiger charge is 2.26. The smallest absolute Gasteiger partial charge is 0.262 e. The lowest BCUT2D eigenvalue weighted by Gasteiger charge is -2.21. The fraction of sp³-hybridized carbons (Fsp3) is 0.129. The van der Waals surface area contributed by atoms with E-state index in [1.165, 1.54) is 30.5 Å². The number of amides is 2. The molecule has 222 valence electrons. The molecule has 0 saturated carbocycles. The van der Waals surface area contributed by atoms with Crippen LogP contribution in [-0.2, 0) is 26.0 Å². The normalized spacial score (nSPS) is 11.4. The summed E-state index contributed by atoms with van der Waals surface area (Å²) in [5, 5.41) is 7.46. The molecule has 0 aliphatic carbocycles. The van der Waals surface area contributed by atoms with E-state index < -0.39 is 22.5 Å². The molecule has 0 fully saturated rings. The topological polar surface area (TPSA) is 117 Å². The number of benzene rings is 4. The number of hydrogen-bond donors (Lipinski definition) is 2. The van der Waals surface area contributed by atoms with Crippen molar-refractivity contribution in [1.82, 2.24) is 9.73 Å². The molecule has 0 bridgehead atoms. The molecule has 43 heavy (non-hydrogen) atoms. The molecule has 0 aromatic heterocycles. The first kappa shape index (κ1) is 31.7. The Kier molecular flexibility index (Phi) is 11.3. The number of nitrogens with zero attached hydrogens (tertiary/aromatic N) is 2. The molecule has 9 nitrogen and oxygen atoms in total. The van der Waals surface area contributed by atoms with Crippen LogP contribution in [-0.4, -0.2) is 50.4 Å². The second-order valence-electron chi connectivity index (χ2n) is 9.21. The third-order valence-corrected chi connectivity index (χ3v) is 8.51. The first-order valence-electron chi connectivity index (χ1n) is 13.1. The quantitative estimate of drug-likeness (QED) is 0.150. The van der Waals surface area contributed by atoms with Gasteiger partial charge in [0.05, 0.1) is 28.4 Å². The Balaban J connectivity index is 1.32. The fourth-order valence-electron chi connectivity index (χ4n) is 3.86. The monoisotopic (exact) mass is 638 g/mol. The minimum Gasteiger partial charge on any atom is -0.484 e. The Morgan fingerprint density at radius 2 is 1.51 bits per heavy atom. The number of carbonyl (C=O) groups is 2. The average molecular weight is 640 g/mol. The van der Waals surface area contributed by atoms with Crippen LogP contribution < -0.4 is 15.5 Å². The van der Waals surface area contributed by atoms with E-state index in [4.69, 9.17) is 27.9 Å². The Morgan fingerprint density at radius 1 is 0.837 bits per heavy atom. The summed E-state index contributed by atoms with van der Waals surface area (Å²) in [5.41, 5.74) is 4.45. The molecule has 0 unspecified atom stereocenters. The molecular weight excluding hydrogens is 611 g/mol. The van der Waals surface area contributed by atoms with Crippen molar-refractivity contribution in [2.75, 3.05) is 25.0 Å². The van der Waals surface area contributed by atoms with Crippen LogP contribution in [0.2, 0.25) is 10.0 Å². The van der Waals surface area contributed by atoms with E-state index in [9.17, 15) is 18.0 Å². The minimum atomic E-state index is -3.98. The number of ether oxygens (including phenoxy) is 1. The van der Waals surface area contributed by atoms with Crippen molar-refractivity contribution in [2.24, 2.45) is 5.10 Å². The number of halogens is 2. The molecule has 0 spiro atoms. The highest BCUT2D eigenvalue weighted by Crippen LogP contribution is 2.21. The highest BCUT2D eigenvalue weighted by atomic mass is 35.5. The zero-order chi connectivity index (χ0) is 30.7. The summed E-state index contributed by atoms with van der Waals surface area (Å²) in [6.07, 6.45) is 1.83. The lowest BCUT2D eigenvalue weighted by atomic mass is 10.1. The van der Waals surface area contributed by atoms with Gasteiger partial charge in [0.25, 0.3) is 11.8 Å². The molecular formula is C31H28Cl2N4O5S. The van der Waals surface area contributed by atoms with Crippen LogP contribution in [0.4, 0.5) is 5.69 Å². The molecule has 12 heteroatoms. The van der Waals surface area contributed by atoms with Gasteiger partial charge >= 0.3 is 0 Å².